The van der Waals surface area contributed by atoms with E-state index in [1.165, 1.54) is 0 Å². The van der Waals surface area contributed by atoms with Gasteiger partial charge in [-0.05, 0) is 51.8 Å². The number of ether oxygens (including phenoxy) is 1. The molecule has 0 bridgehead atoms. The van der Waals surface area contributed by atoms with Crippen LogP contribution >= 0.6 is 15.9 Å². The van der Waals surface area contributed by atoms with Crippen LogP contribution in [0.25, 0.3) is 22.3 Å². The summed E-state index contributed by atoms with van der Waals surface area (Å²) in [5, 5.41) is 7.24. The third-order valence-corrected chi connectivity index (χ3v) is 4.91. The molecule has 0 aliphatic carbocycles. The molecule has 3 rings (SSSR count). The molecule has 0 spiro atoms. The van der Waals surface area contributed by atoms with Gasteiger partial charge < -0.3 is 10.1 Å². The summed E-state index contributed by atoms with van der Waals surface area (Å²) < 4.78 is 8.15. The molecule has 3 aromatic rings. The Bertz CT molecular complexity index is 997. The molecule has 2 heterocycles. The molecule has 7 nitrogen and oxygen atoms in total. The van der Waals surface area contributed by atoms with E-state index in [1.54, 1.807) is 6.20 Å². The fraction of sp³-hybridized carbons (Fsp3) is 0.455. The second kappa shape index (κ2) is 10.0. The highest BCUT2D eigenvalue weighted by Crippen LogP contribution is 2.21. The van der Waals surface area contributed by atoms with Crippen molar-refractivity contribution in [2.24, 2.45) is 0 Å². The smallest absolute Gasteiger partial charge is 0.407 e. The lowest BCUT2D eigenvalue weighted by Crippen LogP contribution is -2.32. The minimum atomic E-state index is -0.456. The largest absolute Gasteiger partial charge is 0.444 e. The van der Waals surface area contributed by atoms with Gasteiger partial charge in [0.1, 0.15) is 5.60 Å². The van der Waals surface area contributed by atoms with E-state index in [2.05, 4.69) is 36.3 Å². The minimum Gasteiger partial charge on any atom is -0.444 e. The van der Waals surface area contributed by atoms with Gasteiger partial charge in [0.05, 0.1) is 29.1 Å². The summed E-state index contributed by atoms with van der Waals surface area (Å²) in [6.07, 6.45) is 9.38. The second-order valence-corrected chi connectivity index (χ2v) is 9.14. The number of carbonyl (C=O) groups excluding carboxylic acids is 1. The van der Waals surface area contributed by atoms with Gasteiger partial charge in [-0.25, -0.2) is 9.78 Å². The number of benzene rings is 1. The number of nitrogens with one attached hydrogen (secondary N) is 1. The van der Waals surface area contributed by atoms with Gasteiger partial charge in [-0.2, -0.15) is 5.10 Å². The van der Waals surface area contributed by atoms with Crippen molar-refractivity contribution in [3.05, 3.63) is 41.3 Å². The molecule has 0 atom stereocenters. The number of halogens is 1. The van der Waals surface area contributed by atoms with Crippen LogP contribution in [0, 0.1) is 0 Å². The van der Waals surface area contributed by atoms with E-state index in [-0.39, 0.29) is 6.09 Å². The first-order chi connectivity index (χ1) is 14.3. The van der Waals surface area contributed by atoms with Crippen LogP contribution in [-0.2, 0) is 11.3 Å². The highest BCUT2D eigenvalue weighted by atomic mass is 79.9. The Hall–Kier alpha value is -2.48. The van der Waals surface area contributed by atoms with Gasteiger partial charge in [0, 0.05) is 29.3 Å². The number of hydrogen-bond acceptors (Lipinski definition) is 5. The molecule has 0 unspecified atom stereocenters. The van der Waals surface area contributed by atoms with Crippen LogP contribution in [0.3, 0.4) is 0 Å². The fourth-order valence-electron chi connectivity index (χ4n) is 3.00. The number of nitrogens with zero attached hydrogens (tertiary/aromatic N) is 4. The Kier molecular flexibility index (Phi) is 7.42. The fourth-order valence-corrected chi connectivity index (χ4v) is 3.35. The normalized spacial score (nSPS) is 11.6. The monoisotopic (exact) mass is 473 g/mol. The predicted octanol–water partition coefficient (Wildman–Crippen LogP) is 5.34. The first kappa shape index (κ1) is 22.2. The average molecular weight is 474 g/mol. The number of rotatable bonds is 8. The Morgan fingerprint density at radius 2 is 1.93 bits per heavy atom. The molecule has 2 aromatic heterocycles. The molecule has 160 valence electrons. The minimum absolute atomic E-state index is 0.351. The molecule has 0 aliphatic heterocycles. The van der Waals surface area contributed by atoms with Crippen molar-refractivity contribution in [2.45, 2.75) is 58.6 Å². The van der Waals surface area contributed by atoms with E-state index in [1.807, 2.05) is 56.0 Å². The molecule has 30 heavy (non-hydrogen) atoms. The van der Waals surface area contributed by atoms with Gasteiger partial charge in [0.15, 0.2) is 0 Å². The lowest BCUT2D eigenvalue weighted by atomic mass is 10.2. The van der Waals surface area contributed by atoms with Crippen LogP contribution in [0.15, 0.2) is 41.3 Å². The molecule has 0 aliphatic rings. The van der Waals surface area contributed by atoms with Crippen molar-refractivity contribution in [1.29, 1.82) is 0 Å². The van der Waals surface area contributed by atoms with E-state index in [0.717, 1.165) is 59.0 Å². The Morgan fingerprint density at radius 1 is 1.13 bits per heavy atom. The van der Waals surface area contributed by atoms with E-state index in [9.17, 15) is 4.79 Å². The van der Waals surface area contributed by atoms with E-state index >= 15 is 0 Å². The summed E-state index contributed by atoms with van der Waals surface area (Å²) in [7, 11) is 0. The summed E-state index contributed by atoms with van der Waals surface area (Å²) >= 11 is 3.45. The molecular formula is C22H28BrN5O2. The zero-order chi connectivity index (χ0) is 21.6. The third kappa shape index (κ3) is 6.79. The predicted molar refractivity (Wildman–Crippen MR) is 121 cm³/mol. The number of aromatic nitrogens is 4. The van der Waals surface area contributed by atoms with Gasteiger partial charge in [0.2, 0.25) is 0 Å². The molecular weight excluding hydrogens is 446 g/mol. The van der Waals surface area contributed by atoms with Gasteiger partial charge in [-0.15, -0.1) is 0 Å². The van der Waals surface area contributed by atoms with Crippen LogP contribution in [-0.4, -0.2) is 38.0 Å². The number of fused-ring (bicyclic) bond motifs is 1. The van der Waals surface area contributed by atoms with Crippen molar-refractivity contribution in [2.75, 3.05) is 6.54 Å². The first-order valence-corrected chi connectivity index (χ1v) is 11.0. The molecule has 0 radical (unpaired) electrons. The lowest BCUT2D eigenvalue weighted by molar-refractivity contribution is 0.0527. The highest BCUT2D eigenvalue weighted by Gasteiger charge is 2.15. The summed E-state index contributed by atoms with van der Waals surface area (Å²) in [5.41, 5.74) is 3.06. The number of aryl methyl sites for hydroxylation is 1. The molecule has 1 aromatic carbocycles. The van der Waals surface area contributed by atoms with Crippen molar-refractivity contribution in [3.63, 3.8) is 0 Å². The van der Waals surface area contributed by atoms with Crippen molar-refractivity contribution < 1.29 is 9.53 Å². The maximum absolute atomic E-state index is 11.6. The zero-order valence-corrected chi connectivity index (χ0v) is 19.3. The maximum Gasteiger partial charge on any atom is 0.407 e. The molecule has 0 fully saturated rings. The first-order valence-electron chi connectivity index (χ1n) is 10.2. The van der Waals surface area contributed by atoms with E-state index < -0.39 is 5.60 Å². The maximum atomic E-state index is 11.6. The summed E-state index contributed by atoms with van der Waals surface area (Å²) in [6, 6.07) is 5.88. The quantitative estimate of drug-likeness (QED) is 0.446. The highest BCUT2D eigenvalue weighted by molar-refractivity contribution is 9.10. The van der Waals surface area contributed by atoms with Gasteiger partial charge in [-0.1, -0.05) is 28.8 Å². The van der Waals surface area contributed by atoms with Gasteiger partial charge in [-0.3, -0.25) is 9.67 Å². The third-order valence-electron chi connectivity index (χ3n) is 4.42. The van der Waals surface area contributed by atoms with E-state index in [0.29, 0.717) is 6.54 Å². The Balaban J connectivity index is 1.39. The van der Waals surface area contributed by atoms with Crippen LogP contribution in [0.5, 0.6) is 0 Å². The lowest BCUT2D eigenvalue weighted by Gasteiger charge is -2.19. The van der Waals surface area contributed by atoms with Crippen LogP contribution in [0.4, 0.5) is 4.79 Å². The molecule has 0 saturated heterocycles. The standard InChI is InChI=1S/C22H28BrN5O2/c1-22(2,3)30-21(29)24-10-6-4-5-7-11-28-15-16(13-26-28)20-14-25-19-12-17(23)8-9-18(19)27-20/h8-9,12-15H,4-7,10-11H2,1-3H3,(H,24,29). The topological polar surface area (TPSA) is 81.9 Å². The van der Waals surface area contributed by atoms with Crippen LogP contribution < -0.4 is 5.32 Å². The molecule has 0 saturated carbocycles. The number of unbranched alkanes of at least 4 members (excludes halogenated alkanes) is 3. The zero-order valence-electron chi connectivity index (χ0n) is 17.7. The number of amides is 1. The molecule has 1 amide bonds. The Labute approximate surface area is 185 Å². The summed E-state index contributed by atoms with van der Waals surface area (Å²) in [5.74, 6) is 0. The number of alkyl carbamates (subject to hydrolysis) is 1. The van der Waals surface area contributed by atoms with Crippen molar-refractivity contribution in [3.8, 4) is 11.3 Å². The van der Waals surface area contributed by atoms with Gasteiger partial charge >= 0.3 is 6.09 Å². The SMILES string of the molecule is CC(C)(C)OC(=O)NCCCCCCn1cc(-c2cnc3cc(Br)ccc3n2)cn1. The second-order valence-electron chi connectivity index (χ2n) is 8.22. The van der Waals surface area contributed by atoms with Gasteiger partial charge in [0.25, 0.3) is 0 Å². The van der Waals surface area contributed by atoms with Crippen LogP contribution in [0.1, 0.15) is 46.5 Å². The van der Waals surface area contributed by atoms with Crippen LogP contribution in [0.2, 0.25) is 0 Å². The summed E-state index contributed by atoms with van der Waals surface area (Å²) in [6.45, 7) is 7.07. The average Bonchev–Trinajstić information content (AvgIpc) is 3.14. The Morgan fingerprint density at radius 3 is 2.73 bits per heavy atom. The van der Waals surface area contributed by atoms with E-state index in [4.69, 9.17) is 4.74 Å². The summed E-state index contributed by atoms with van der Waals surface area (Å²) in [4.78, 5) is 20.8. The van der Waals surface area contributed by atoms with Crippen molar-refractivity contribution >= 4 is 33.1 Å². The molecule has 8 heteroatoms. The number of hydrogen-bond donors (Lipinski definition) is 1. The van der Waals surface area contributed by atoms with Crippen molar-refractivity contribution in [1.82, 2.24) is 25.1 Å². The molecule has 1 N–H and O–H groups in total. The number of carbonyl (C=O) groups is 1.